The Kier molecular flexibility index (Phi) is 3.40. The number of para-hydroxylation sites is 1. The van der Waals surface area contributed by atoms with Crippen LogP contribution in [0, 0.1) is 0 Å². The first-order valence-corrected chi connectivity index (χ1v) is 8.06. The van der Waals surface area contributed by atoms with Crippen molar-refractivity contribution >= 4 is 5.69 Å². The second kappa shape index (κ2) is 5.53. The minimum Gasteiger partial charge on any atom is -0.364 e. The number of benzene rings is 2. The van der Waals surface area contributed by atoms with E-state index in [-0.39, 0.29) is 0 Å². The first-order valence-electron chi connectivity index (χ1n) is 8.06. The average molecular weight is 278 g/mol. The standard InChI is InChI=1S/C19H22N2/c1-3-9-17-16(7-1)14-20-12-11-19(17)21-13-5-8-15-6-2-4-10-18(15)21/h1-4,6-7,9-10,19-20H,5,8,11-14H2. The molecule has 0 amide bonds. The minimum atomic E-state index is 0.512. The van der Waals surface area contributed by atoms with E-state index in [0.717, 1.165) is 13.1 Å². The van der Waals surface area contributed by atoms with Crippen LogP contribution in [0.3, 0.4) is 0 Å². The van der Waals surface area contributed by atoms with Gasteiger partial charge < -0.3 is 10.2 Å². The normalized spacial score (nSPS) is 21.3. The van der Waals surface area contributed by atoms with Gasteiger partial charge in [-0.05, 0) is 48.6 Å². The molecule has 0 saturated heterocycles. The van der Waals surface area contributed by atoms with E-state index in [0.29, 0.717) is 6.04 Å². The predicted octanol–water partition coefficient (Wildman–Crippen LogP) is 3.67. The quantitative estimate of drug-likeness (QED) is 0.856. The second-order valence-corrected chi connectivity index (χ2v) is 6.11. The summed E-state index contributed by atoms with van der Waals surface area (Å²) in [7, 11) is 0. The van der Waals surface area contributed by atoms with Crippen LogP contribution in [0.2, 0.25) is 0 Å². The molecule has 0 fully saturated rings. The molecular weight excluding hydrogens is 256 g/mol. The second-order valence-electron chi connectivity index (χ2n) is 6.11. The summed E-state index contributed by atoms with van der Waals surface area (Å²) in [5.41, 5.74) is 5.94. The monoisotopic (exact) mass is 278 g/mol. The van der Waals surface area contributed by atoms with Gasteiger partial charge in [0.15, 0.2) is 0 Å². The van der Waals surface area contributed by atoms with Gasteiger partial charge in [0.1, 0.15) is 0 Å². The summed E-state index contributed by atoms with van der Waals surface area (Å²) in [6.07, 6.45) is 3.67. The fraction of sp³-hybridized carbons (Fsp3) is 0.368. The molecule has 0 aliphatic carbocycles. The maximum absolute atomic E-state index is 3.57. The average Bonchev–Trinajstić information content (AvgIpc) is 2.77. The molecule has 0 bridgehead atoms. The molecule has 2 aromatic carbocycles. The summed E-state index contributed by atoms with van der Waals surface area (Å²) < 4.78 is 0. The zero-order valence-corrected chi connectivity index (χ0v) is 12.4. The summed E-state index contributed by atoms with van der Waals surface area (Å²) in [5, 5.41) is 3.57. The highest BCUT2D eigenvalue weighted by Crippen LogP contribution is 2.37. The molecular formula is C19H22N2. The number of rotatable bonds is 1. The number of hydrogen-bond acceptors (Lipinski definition) is 2. The number of anilines is 1. The molecule has 2 aromatic rings. The molecule has 1 atom stereocenters. The molecule has 21 heavy (non-hydrogen) atoms. The highest BCUT2D eigenvalue weighted by Gasteiger charge is 2.27. The Labute approximate surface area is 126 Å². The zero-order valence-electron chi connectivity index (χ0n) is 12.4. The van der Waals surface area contributed by atoms with E-state index in [1.807, 2.05) is 0 Å². The summed E-state index contributed by atoms with van der Waals surface area (Å²) in [4.78, 5) is 2.64. The van der Waals surface area contributed by atoms with Crippen molar-refractivity contribution in [3.8, 4) is 0 Å². The minimum absolute atomic E-state index is 0.512. The molecule has 1 unspecified atom stereocenters. The lowest BCUT2D eigenvalue weighted by molar-refractivity contribution is 0.540. The molecule has 0 spiro atoms. The molecule has 4 rings (SSSR count). The van der Waals surface area contributed by atoms with E-state index in [2.05, 4.69) is 58.7 Å². The molecule has 108 valence electrons. The van der Waals surface area contributed by atoms with Crippen LogP contribution in [-0.2, 0) is 13.0 Å². The smallest absolute Gasteiger partial charge is 0.0557 e. The van der Waals surface area contributed by atoms with Crippen LogP contribution < -0.4 is 10.2 Å². The van der Waals surface area contributed by atoms with Gasteiger partial charge in [-0.3, -0.25) is 0 Å². The van der Waals surface area contributed by atoms with Gasteiger partial charge in [0.25, 0.3) is 0 Å². The van der Waals surface area contributed by atoms with Crippen molar-refractivity contribution in [2.75, 3.05) is 18.0 Å². The predicted molar refractivity (Wildman–Crippen MR) is 87.6 cm³/mol. The third kappa shape index (κ3) is 2.34. The van der Waals surface area contributed by atoms with Gasteiger partial charge in [-0.15, -0.1) is 0 Å². The van der Waals surface area contributed by atoms with Crippen LogP contribution in [0.15, 0.2) is 48.5 Å². The molecule has 0 aromatic heterocycles. The molecule has 2 nitrogen and oxygen atoms in total. The van der Waals surface area contributed by atoms with Crippen LogP contribution in [0.5, 0.6) is 0 Å². The summed E-state index contributed by atoms with van der Waals surface area (Å²) in [6, 6.07) is 18.4. The molecule has 0 saturated carbocycles. The molecule has 1 N–H and O–H groups in total. The van der Waals surface area contributed by atoms with E-state index in [9.17, 15) is 0 Å². The number of fused-ring (bicyclic) bond motifs is 2. The van der Waals surface area contributed by atoms with Crippen molar-refractivity contribution < 1.29 is 0 Å². The Morgan fingerprint density at radius 2 is 1.76 bits per heavy atom. The van der Waals surface area contributed by atoms with E-state index >= 15 is 0 Å². The largest absolute Gasteiger partial charge is 0.364 e. The number of aryl methyl sites for hydroxylation is 1. The lowest BCUT2D eigenvalue weighted by Crippen LogP contribution is -2.34. The Hall–Kier alpha value is -1.80. The fourth-order valence-corrected chi connectivity index (χ4v) is 3.85. The summed E-state index contributed by atoms with van der Waals surface area (Å²) in [5.74, 6) is 0. The van der Waals surface area contributed by atoms with Crippen LogP contribution in [0.1, 0.15) is 35.6 Å². The van der Waals surface area contributed by atoms with Gasteiger partial charge in [-0.1, -0.05) is 42.5 Å². The third-order valence-electron chi connectivity index (χ3n) is 4.85. The topological polar surface area (TPSA) is 15.3 Å². The maximum Gasteiger partial charge on any atom is 0.0557 e. The summed E-state index contributed by atoms with van der Waals surface area (Å²) >= 11 is 0. The maximum atomic E-state index is 3.57. The molecule has 0 radical (unpaired) electrons. The number of hydrogen-bond donors (Lipinski definition) is 1. The van der Waals surface area contributed by atoms with Gasteiger partial charge in [-0.2, -0.15) is 0 Å². The highest BCUT2D eigenvalue weighted by atomic mass is 15.2. The SMILES string of the molecule is c1ccc2c(c1)CNCCC2N1CCCc2ccccc21. The van der Waals surface area contributed by atoms with Gasteiger partial charge in [0, 0.05) is 18.8 Å². The van der Waals surface area contributed by atoms with E-state index in [1.165, 1.54) is 48.2 Å². The fourth-order valence-electron chi connectivity index (χ4n) is 3.85. The van der Waals surface area contributed by atoms with E-state index in [4.69, 9.17) is 0 Å². The molecule has 2 aliphatic heterocycles. The lowest BCUT2D eigenvalue weighted by atomic mass is 9.93. The van der Waals surface area contributed by atoms with Gasteiger partial charge in [0.05, 0.1) is 6.04 Å². The summed E-state index contributed by atoms with van der Waals surface area (Å²) in [6.45, 7) is 3.27. The number of nitrogens with one attached hydrogen (secondary N) is 1. The van der Waals surface area contributed by atoms with Crippen molar-refractivity contribution in [1.82, 2.24) is 5.32 Å². The Bertz CT molecular complexity index is 635. The first kappa shape index (κ1) is 12.9. The van der Waals surface area contributed by atoms with Crippen LogP contribution in [-0.4, -0.2) is 13.1 Å². The van der Waals surface area contributed by atoms with Gasteiger partial charge in [-0.25, -0.2) is 0 Å². The van der Waals surface area contributed by atoms with Crippen molar-refractivity contribution in [3.05, 3.63) is 65.2 Å². The highest BCUT2D eigenvalue weighted by molar-refractivity contribution is 5.57. The number of nitrogens with zero attached hydrogens (tertiary/aromatic N) is 1. The first-order chi connectivity index (χ1) is 10.4. The van der Waals surface area contributed by atoms with E-state index in [1.54, 1.807) is 0 Å². The Morgan fingerprint density at radius 3 is 2.71 bits per heavy atom. The van der Waals surface area contributed by atoms with Crippen LogP contribution in [0.4, 0.5) is 5.69 Å². The van der Waals surface area contributed by atoms with Crippen molar-refractivity contribution in [2.45, 2.75) is 31.8 Å². The Balaban J connectivity index is 1.77. The Morgan fingerprint density at radius 1 is 0.952 bits per heavy atom. The van der Waals surface area contributed by atoms with Crippen LogP contribution in [0.25, 0.3) is 0 Å². The molecule has 2 aliphatic rings. The van der Waals surface area contributed by atoms with E-state index < -0.39 is 0 Å². The molecule has 2 heterocycles. The molecule has 2 heteroatoms. The van der Waals surface area contributed by atoms with Crippen molar-refractivity contribution in [2.24, 2.45) is 0 Å². The van der Waals surface area contributed by atoms with Crippen molar-refractivity contribution in [1.29, 1.82) is 0 Å². The van der Waals surface area contributed by atoms with Gasteiger partial charge >= 0.3 is 0 Å². The van der Waals surface area contributed by atoms with Crippen molar-refractivity contribution in [3.63, 3.8) is 0 Å². The van der Waals surface area contributed by atoms with Crippen LogP contribution >= 0.6 is 0 Å². The third-order valence-corrected chi connectivity index (χ3v) is 4.85. The zero-order chi connectivity index (χ0) is 14.1. The van der Waals surface area contributed by atoms with Gasteiger partial charge in [0.2, 0.25) is 0 Å². The lowest BCUT2D eigenvalue weighted by Gasteiger charge is -2.38.